The van der Waals surface area contributed by atoms with Crippen LogP contribution in [0.15, 0.2) is 23.0 Å². The normalized spacial score (nSPS) is 20.6. The third kappa shape index (κ3) is 2.44. The van der Waals surface area contributed by atoms with Crippen LogP contribution >= 0.6 is 11.6 Å². The number of anilines is 2. The largest absolute Gasteiger partial charge is 0.383 e. The number of hydrogen-bond acceptors (Lipinski definition) is 4. The van der Waals surface area contributed by atoms with Crippen molar-refractivity contribution in [2.45, 2.75) is 43.9 Å². The number of halogens is 1. The second-order valence-electron chi connectivity index (χ2n) is 7.81. The number of rotatable bonds is 1. The minimum Gasteiger partial charge on any atom is -0.383 e. The number of piperidine rings is 1. The van der Waals surface area contributed by atoms with Gasteiger partial charge >= 0.3 is 0 Å². The zero-order valence-corrected chi connectivity index (χ0v) is 15.5. The average molecular weight is 371 g/mol. The molecule has 0 atom stereocenters. The maximum atomic E-state index is 12.4. The molecule has 1 fully saturated rings. The lowest BCUT2D eigenvalue weighted by atomic mass is 9.74. The topological polar surface area (TPSA) is 61.0 Å². The van der Waals surface area contributed by atoms with Crippen LogP contribution < -0.4 is 15.8 Å². The lowest BCUT2D eigenvalue weighted by molar-refractivity contribution is 0.359. The summed E-state index contributed by atoms with van der Waals surface area (Å²) in [5.41, 5.74) is 4.56. The molecule has 6 heteroatoms. The number of para-hydroxylation sites is 1. The van der Waals surface area contributed by atoms with Crippen molar-refractivity contribution in [3.8, 4) is 0 Å². The van der Waals surface area contributed by atoms with Crippen molar-refractivity contribution >= 4 is 23.2 Å². The maximum Gasteiger partial charge on any atom is 0.255 e. The highest BCUT2D eigenvalue weighted by Crippen LogP contribution is 2.46. The lowest BCUT2D eigenvalue weighted by Crippen LogP contribution is -2.45. The van der Waals surface area contributed by atoms with Gasteiger partial charge in [-0.15, -0.1) is 0 Å². The summed E-state index contributed by atoms with van der Waals surface area (Å²) in [6, 6.07) is 6.20. The Labute approximate surface area is 157 Å². The molecule has 0 radical (unpaired) electrons. The Bertz CT molecular complexity index is 915. The molecule has 0 saturated carbocycles. The summed E-state index contributed by atoms with van der Waals surface area (Å²) in [5, 5.41) is 4.32. The van der Waals surface area contributed by atoms with E-state index in [2.05, 4.69) is 21.3 Å². The summed E-state index contributed by atoms with van der Waals surface area (Å²) < 4.78 is 0. The van der Waals surface area contributed by atoms with Gasteiger partial charge in [0.15, 0.2) is 0 Å². The first-order valence-electron chi connectivity index (χ1n) is 9.56. The van der Waals surface area contributed by atoms with Crippen LogP contribution in [0.3, 0.4) is 0 Å². The number of hydrogen-bond donors (Lipinski definition) is 2. The van der Waals surface area contributed by atoms with Crippen LogP contribution in [0.4, 0.5) is 11.6 Å². The molecular weight excluding hydrogens is 348 g/mol. The molecule has 0 amide bonds. The van der Waals surface area contributed by atoms with Crippen molar-refractivity contribution in [2.24, 2.45) is 0 Å². The van der Waals surface area contributed by atoms with E-state index in [1.807, 2.05) is 12.1 Å². The Morgan fingerprint density at radius 3 is 2.81 bits per heavy atom. The molecule has 3 aliphatic rings. The van der Waals surface area contributed by atoms with E-state index in [9.17, 15) is 4.79 Å². The van der Waals surface area contributed by atoms with Crippen LogP contribution in [-0.4, -0.2) is 29.6 Å². The highest BCUT2D eigenvalue weighted by atomic mass is 35.5. The van der Waals surface area contributed by atoms with Crippen LogP contribution in [0, 0.1) is 0 Å². The number of aryl methyl sites for hydroxylation is 1. The van der Waals surface area contributed by atoms with E-state index in [-0.39, 0.29) is 11.0 Å². The van der Waals surface area contributed by atoms with Crippen molar-refractivity contribution in [1.82, 2.24) is 9.97 Å². The van der Waals surface area contributed by atoms with Crippen molar-refractivity contribution in [3.63, 3.8) is 0 Å². The highest BCUT2D eigenvalue weighted by molar-refractivity contribution is 6.33. The molecule has 0 bridgehead atoms. The average Bonchev–Trinajstić information content (AvgIpc) is 3.02. The first-order valence-corrected chi connectivity index (χ1v) is 9.94. The third-order valence-corrected chi connectivity index (χ3v) is 6.70. The van der Waals surface area contributed by atoms with Crippen LogP contribution in [-0.2, 0) is 18.3 Å². The predicted molar refractivity (Wildman–Crippen MR) is 105 cm³/mol. The van der Waals surface area contributed by atoms with Gasteiger partial charge in [0.25, 0.3) is 5.56 Å². The highest BCUT2D eigenvalue weighted by Gasteiger charge is 2.42. The van der Waals surface area contributed by atoms with Crippen molar-refractivity contribution in [1.29, 1.82) is 0 Å². The molecule has 5 rings (SSSR count). The zero-order chi connectivity index (χ0) is 17.7. The van der Waals surface area contributed by atoms with E-state index >= 15 is 0 Å². The second kappa shape index (κ2) is 6.02. The van der Waals surface area contributed by atoms with Gasteiger partial charge in [-0.25, -0.2) is 4.98 Å². The smallest absolute Gasteiger partial charge is 0.255 e. The Hall–Kier alpha value is -2.01. The Morgan fingerprint density at radius 2 is 1.96 bits per heavy atom. The summed E-state index contributed by atoms with van der Waals surface area (Å²) in [5.74, 6) is 0.753. The monoisotopic (exact) mass is 370 g/mol. The number of aromatic nitrogens is 2. The zero-order valence-electron chi connectivity index (χ0n) is 14.8. The van der Waals surface area contributed by atoms with Crippen LogP contribution in [0.2, 0.25) is 5.02 Å². The number of benzene rings is 1. The number of aromatic amines is 1. The molecule has 136 valence electrons. The molecule has 5 nitrogen and oxygen atoms in total. The summed E-state index contributed by atoms with van der Waals surface area (Å²) in [6.45, 7) is 2.73. The second-order valence-corrected chi connectivity index (χ2v) is 8.21. The quantitative estimate of drug-likeness (QED) is 0.808. The van der Waals surface area contributed by atoms with Crippen LogP contribution in [0.25, 0.3) is 0 Å². The molecule has 1 aromatic carbocycles. The van der Waals surface area contributed by atoms with Gasteiger partial charge in [0.1, 0.15) is 0 Å². The van der Waals surface area contributed by atoms with Gasteiger partial charge in [0, 0.05) is 30.6 Å². The fourth-order valence-corrected chi connectivity index (χ4v) is 5.07. The van der Waals surface area contributed by atoms with Gasteiger partial charge in [-0.3, -0.25) is 9.78 Å². The molecule has 2 aliphatic heterocycles. The van der Waals surface area contributed by atoms with E-state index in [4.69, 9.17) is 16.6 Å². The van der Waals surface area contributed by atoms with Gasteiger partial charge in [-0.2, -0.15) is 0 Å². The van der Waals surface area contributed by atoms with E-state index in [1.165, 1.54) is 5.56 Å². The van der Waals surface area contributed by atoms with E-state index in [1.54, 1.807) is 0 Å². The molecule has 3 heterocycles. The fourth-order valence-electron chi connectivity index (χ4n) is 4.83. The SMILES string of the molecule is O=c1[nH]c(N2CCC3(CC2)CNc2c(Cl)cccc23)nc2c1CCCC2. The van der Waals surface area contributed by atoms with Crippen molar-refractivity contribution < 1.29 is 0 Å². The first-order chi connectivity index (χ1) is 12.7. The number of nitrogens with zero attached hydrogens (tertiary/aromatic N) is 2. The van der Waals surface area contributed by atoms with Crippen molar-refractivity contribution in [2.75, 3.05) is 29.9 Å². The molecule has 1 aromatic heterocycles. The summed E-state index contributed by atoms with van der Waals surface area (Å²) in [6.07, 6.45) is 6.10. The van der Waals surface area contributed by atoms with Gasteiger partial charge in [0.2, 0.25) is 5.95 Å². The maximum absolute atomic E-state index is 12.4. The fraction of sp³-hybridized carbons (Fsp3) is 0.500. The first kappa shape index (κ1) is 16.2. The number of H-pyrrole nitrogens is 1. The summed E-state index contributed by atoms with van der Waals surface area (Å²) >= 11 is 6.36. The van der Waals surface area contributed by atoms with E-state index in [0.717, 1.165) is 86.1 Å². The molecule has 2 N–H and O–H groups in total. The Balaban J connectivity index is 1.40. The molecule has 26 heavy (non-hydrogen) atoms. The van der Waals surface area contributed by atoms with Gasteiger partial charge in [0.05, 0.1) is 16.4 Å². The van der Waals surface area contributed by atoms with Crippen LogP contribution in [0.1, 0.15) is 42.5 Å². The van der Waals surface area contributed by atoms with Gasteiger partial charge < -0.3 is 10.2 Å². The molecule has 2 aromatic rings. The number of fused-ring (bicyclic) bond motifs is 3. The Kier molecular flexibility index (Phi) is 3.74. The molecule has 0 unspecified atom stereocenters. The summed E-state index contributed by atoms with van der Waals surface area (Å²) in [4.78, 5) is 22.5. The molecule has 1 saturated heterocycles. The van der Waals surface area contributed by atoms with E-state index < -0.39 is 0 Å². The molecule has 1 aliphatic carbocycles. The number of nitrogens with one attached hydrogen (secondary N) is 2. The predicted octanol–water partition coefficient (Wildman–Crippen LogP) is 3.27. The van der Waals surface area contributed by atoms with Crippen molar-refractivity contribution in [3.05, 3.63) is 50.4 Å². The van der Waals surface area contributed by atoms with Gasteiger partial charge in [-0.05, 0) is 50.2 Å². The minimum absolute atomic E-state index is 0.0599. The van der Waals surface area contributed by atoms with E-state index in [0.29, 0.717) is 0 Å². The standard InChI is InChI=1S/C20H23ClN4O/c21-15-6-3-5-14-17(15)22-12-20(14)8-10-25(11-9-20)19-23-16-7-2-1-4-13(16)18(26)24-19/h3,5-6,22H,1-2,4,7-12H2,(H,23,24,26). The van der Waals surface area contributed by atoms with Gasteiger partial charge in [-0.1, -0.05) is 23.7 Å². The molecular formula is C20H23ClN4O. The summed E-state index contributed by atoms with van der Waals surface area (Å²) in [7, 11) is 0. The minimum atomic E-state index is 0.0599. The third-order valence-electron chi connectivity index (χ3n) is 6.39. The Morgan fingerprint density at radius 1 is 1.15 bits per heavy atom. The lowest BCUT2D eigenvalue weighted by Gasteiger charge is -2.39. The molecule has 1 spiro atoms. The van der Waals surface area contributed by atoms with Crippen LogP contribution in [0.5, 0.6) is 0 Å².